The Morgan fingerprint density at radius 1 is 0.667 bits per heavy atom. The van der Waals surface area contributed by atoms with Crippen LogP contribution in [0.3, 0.4) is 0 Å². The Hall–Kier alpha value is -0.600. The van der Waals surface area contributed by atoms with E-state index >= 15 is 0 Å². The van der Waals surface area contributed by atoms with Crippen LogP contribution in [0.5, 0.6) is 0 Å². The maximum atomic E-state index is 3.51. The van der Waals surface area contributed by atoms with Crippen molar-refractivity contribution in [1.82, 2.24) is 0 Å². The number of rotatable bonds is 0. The van der Waals surface area contributed by atoms with E-state index in [-0.39, 0.29) is 0 Å². The van der Waals surface area contributed by atoms with Crippen LogP contribution < -0.4 is 0 Å². The molecule has 0 saturated carbocycles. The van der Waals surface area contributed by atoms with Crippen LogP contribution >= 0.6 is 31.9 Å². The molecule has 0 spiro atoms. The van der Waals surface area contributed by atoms with Gasteiger partial charge in [0, 0.05) is 15.4 Å². The van der Waals surface area contributed by atoms with Crippen molar-refractivity contribution in [1.29, 1.82) is 0 Å². The van der Waals surface area contributed by atoms with Gasteiger partial charge in [0.1, 0.15) is 0 Å². The second kappa shape index (κ2) is 3.46. The molecular weight excluding hydrogens is 316 g/mol. The molecule has 3 rings (SSSR count). The Balaban J connectivity index is 2.28. The van der Waals surface area contributed by atoms with Gasteiger partial charge in [-0.15, -0.1) is 0 Å². The number of benzene rings is 2. The van der Waals surface area contributed by atoms with E-state index in [0.29, 0.717) is 0 Å². The van der Waals surface area contributed by atoms with Gasteiger partial charge in [-0.25, -0.2) is 0 Å². The maximum absolute atomic E-state index is 3.51. The van der Waals surface area contributed by atoms with E-state index < -0.39 is 0 Å². The van der Waals surface area contributed by atoms with Crippen LogP contribution in [0.2, 0.25) is 0 Å². The maximum Gasteiger partial charge on any atom is 0.0211 e. The van der Waals surface area contributed by atoms with Crippen molar-refractivity contribution in [2.24, 2.45) is 0 Å². The summed E-state index contributed by atoms with van der Waals surface area (Å²) in [6.45, 7) is 0. The van der Waals surface area contributed by atoms with Crippen molar-refractivity contribution in [2.45, 2.75) is 0 Å². The van der Waals surface area contributed by atoms with E-state index in [4.69, 9.17) is 0 Å². The number of hydrogen-bond acceptors (Lipinski definition) is 0. The fourth-order valence-electron chi connectivity index (χ4n) is 1.94. The van der Waals surface area contributed by atoms with E-state index in [0.717, 1.165) is 8.95 Å². The zero-order valence-corrected chi connectivity index (χ0v) is 11.0. The van der Waals surface area contributed by atoms with Crippen molar-refractivity contribution >= 4 is 31.9 Å². The number of fused-ring (bicyclic) bond motifs is 3. The van der Waals surface area contributed by atoms with E-state index in [2.05, 4.69) is 74.7 Å². The summed E-state index contributed by atoms with van der Waals surface area (Å²) in [5.74, 6) is 0. The van der Waals surface area contributed by atoms with Crippen LogP contribution in [-0.2, 0) is 0 Å². The van der Waals surface area contributed by atoms with Gasteiger partial charge < -0.3 is 0 Å². The Kier molecular flexibility index (Phi) is 2.22. The Labute approximate surface area is 106 Å². The highest BCUT2D eigenvalue weighted by Crippen LogP contribution is 2.40. The smallest absolute Gasteiger partial charge is 0.0211 e. The molecular formula is C13H7Br2. The molecule has 0 heterocycles. The van der Waals surface area contributed by atoms with E-state index in [9.17, 15) is 0 Å². The Morgan fingerprint density at radius 3 is 1.60 bits per heavy atom. The summed E-state index contributed by atoms with van der Waals surface area (Å²) in [7, 11) is 0. The molecule has 0 nitrogen and oxygen atoms in total. The quantitative estimate of drug-likeness (QED) is 0.558. The van der Waals surface area contributed by atoms with Gasteiger partial charge in [0.25, 0.3) is 0 Å². The first-order chi connectivity index (χ1) is 7.24. The number of hydrogen-bond donors (Lipinski definition) is 0. The first kappa shape index (κ1) is 9.61. The molecule has 0 fully saturated rings. The molecule has 1 aliphatic carbocycles. The second-order valence-electron chi connectivity index (χ2n) is 3.61. The second-order valence-corrected chi connectivity index (χ2v) is 5.44. The lowest BCUT2D eigenvalue weighted by Gasteiger charge is -2.01. The average Bonchev–Trinajstić information content (AvgIpc) is 2.56. The van der Waals surface area contributed by atoms with Gasteiger partial charge in [-0.2, -0.15) is 0 Å². The SMILES string of the molecule is Brc1ccc2c(c1)-c1cc(Br)ccc1[CH]2. The molecule has 0 atom stereocenters. The molecule has 1 radical (unpaired) electrons. The predicted molar refractivity (Wildman–Crippen MR) is 69.8 cm³/mol. The molecule has 15 heavy (non-hydrogen) atoms. The molecule has 0 bridgehead atoms. The molecule has 73 valence electrons. The largest absolute Gasteiger partial charge is 0.0566 e. The van der Waals surface area contributed by atoms with Gasteiger partial charge in [0.15, 0.2) is 0 Å². The van der Waals surface area contributed by atoms with Crippen molar-refractivity contribution in [3.8, 4) is 11.1 Å². The van der Waals surface area contributed by atoms with E-state index in [1.165, 1.54) is 22.3 Å². The standard InChI is InChI=1S/C13H7Br2/c14-10-3-1-8-5-9-2-4-11(15)7-13(9)12(8)6-10/h1-7H. The number of halogens is 2. The summed E-state index contributed by atoms with van der Waals surface area (Å²) in [4.78, 5) is 0. The summed E-state index contributed by atoms with van der Waals surface area (Å²) in [5.41, 5.74) is 5.21. The van der Waals surface area contributed by atoms with Gasteiger partial charge in [-0.1, -0.05) is 44.0 Å². The van der Waals surface area contributed by atoms with Crippen LogP contribution in [0.15, 0.2) is 45.3 Å². The molecule has 0 unspecified atom stereocenters. The summed E-state index contributed by atoms with van der Waals surface area (Å²) in [6, 6.07) is 12.8. The van der Waals surface area contributed by atoms with Crippen LogP contribution in [0.25, 0.3) is 11.1 Å². The molecule has 0 aliphatic heterocycles. The van der Waals surface area contributed by atoms with Crippen molar-refractivity contribution in [3.63, 3.8) is 0 Å². The monoisotopic (exact) mass is 321 g/mol. The van der Waals surface area contributed by atoms with Gasteiger partial charge >= 0.3 is 0 Å². The molecule has 2 aromatic carbocycles. The first-order valence-corrected chi connectivity index (χ1v) is 6.27. The van der Waals surface area contributed by atoms with Crippen molar-refractivity contribution < 1.29 is 0 Å². The van der Waals surface area contributed by atoms with Crippen LogP contribution in [0.4, 0.5) is 0 Å². The summed E-state index contributed by atoms with van der Waals surface area (Å²) >= 11 is 7.02. The lowest BCUT2D eigenvalue weighted by molar-refractivity contribution is 1.53. The molecule has 0 saturated heterocycles. The van der Waals surface area contributed by atoms with Crippen molar-refractivity contribution in [2.75, 3.05) is 0 Å². The lowest BCUT2D eigenvalue weighted by atomic mass is 10.1. The van der Waals surface area contributed by atoms with Crippen LogP contribution in [0.1, 0.15) is 11.1 Å². The van der Waals surface area contributed by atoms with Crippen LogP contribution in [-0.4, -0.2) is 0 Å². The third-order valence-electron chi connectivity index (χ3n) is 2.63. The fraction of sp³-hybridized carbons (Fsp3) is 0. The van der Waals surface area contributed by atoms with E-state index in [1.54, 1.807) is 0 Å². The lowest BCUT2D eigenvalue weighted by Crippen LogP contribution is -1.77. The average molecular weight is 323 g/mol. The van der Waals surface area contributed by atoms with Gasteiger partial charge in [0.05, 0.1) is 0 Å². The highest BCUT2D eigenvalue weighted by Gasteiger charge is 2.18. The Bertz CT molecular complexity index is 495. The molecule has 2 heteroatoms. The zero-order valence-electron chi connectivity index (χ0n) is 7.80. The van der Waals surface area contributed by atoms with E-state index in [1.807, 2.05) is 0 Å². The highest BCUT2D eigenvalue weighted by molar-refractivity contribution is 9.10. The molecule has 1 aliphatic rings. The highest BCUT2D eigenvalue weighted by atomic mass is 79.9. The molecule has 0 amide bonds. The minimum absolute atomic E-state index is 1.13. The fourth-order valence-corrected chi connectivity index (χ4v) is 2.66. The zero-order chi connectivity index (χ0) is 10.4. The minimum Gasteiger partial charge on any atom is -0.0566 e. The topological polar surface area (TPSA) is 0 Å². The first-order valence-electron chi connectivity index (χ1n) is 4.68. The van der Waals surface area contributed by atoms with Crippen LogP contribution in [0, 0.1) is 6.42 Å². The predicted octanol–water partition coefficient (Wildman–Crippen LogP) is 4.79. The van der Waals surface area contributed by atoms with Gasteiger partial charge in [0.2, 0.25) is 0 Å². The third-order valence-corrected chi connectivity index (χ3v) is 3.62. The summed E-state index contributed by atoms with van der Waals surface area (Å²) < 4.78 is 2.25. The minimum atomic E-state index is 1.13. The van der Waals surface area contributed by atoms with Gasteiger partial charge in [-0.3, -0.25) is 0 Å². The van der Waals surface area contributed by atoms with Gasteiger partial charge in [-0.05, 0) is 46.5 Å². The van der Waals surface area contributed by atoms with Crippen molar-refractivity contribution in [3.05, 3.63) is 62.9 Å². The normalized spacial score (nSPS) is 12.4. The molecule has 0 aromatic heterocycles. The third kappa shape index (κ3) is 1.56. The summed E-state index contributed by atoms with van der Waals surface area (Å²) in [6.07, 6.45) is 2.23. The molecule has 2 aromatic rings. The Morgan fingerprint density at radius 2 is 1.13 bits per heavy atom. The molecule has 0 N–H and O–H groups in total. The summed E-state index contributed by atoms with van der Waals surface area (Å²) in [5, 5.41) is 0.